The van der Waals surface area contributed by atoms with Crippen LogP contribution in [-0.4, -0.2) is 71.4 Å². The van der Waals surface area contributed by atoms with Crippen molar-refractivity contribution in [2.24, 2.45) is 9.98 Å². The number of H-pyrrole nitrogens is 2. The lowest BCUT2D eigenvalue weighted by atomic mass is 10.0. The van der Waals surface area contributed by atoms with Crippen LogP contribution in [0.15, 0.2) is 161 Å². The first-order valence-electron chi connectivity index (χ1n) is 21.2. The van der Waals surface area contributed by atoms with Crippen molar-refractivity contribution >= 4 is 85.9 Å². The number of nitrogens with one attached hydrogen (secondary N) is 6. The van der Waals surface area contributed by atoms with Gasteiger partial charge in [0.2, 0.25) is 0 Å². The molecule has 2 fully saturated rings. The number of imide groups is 2. The molecule has 8 aromatic rings. The second-order valence-corrected chi connectivity index (χ2v) is 15.8. The van der Waals surface area contributed by atoms with Crippen LogP contribution in [0.2, 0.25) is 0 Å². The molecular formula is C50H36N10O10. The number of nitro groups is 2. The molecule has 20 heteroatoms. The monoisotopic (exact) mass is 936 g/mol. The first kappa shape index (κ1) is 44.9. The van der Waals surface area contributed by atoms with Gasteiger partial charge in [0.1, 0.15) is 11.7 Å². The number of hydrogen-bond donors (Lipinski definition) is 8. The summed E-state index contributed by atoms with van der Waals surface area (Å²) in [4.78, 5) is 83.1. The molecular weight excluding hydrogens is 901 g/mol. The molecule has 2 aliphatic heterocycles. The maximum atomic E-state index is 11.8. The molecule has 0 aliphatic carbocycles. The topological polar surface area (TPSA) is 299 Å². The van der Waals surface area contributed by atoms with E-state index in [1.165, 1.54) is 30.3 Å². The number of aromatic hydroxyl groups is 2. The van der Waals surface area contributed by atoms with Crippen molar-refractivity contribution in [2.45, 2.75) is 12.5 Å². The van der Waals surface area contributed by atoms with Crippen LogP contribution < -0.4 is 21.3 Å². The van der Waals surface area contributed by atoms with Gasteiger partial charge < -0.3 is 30.8 Å². The summed E-state index contributed by atoms with van der Waals surface area (Å²) in [5.74, 6) is -1.19. The van der Waals surface area contributed by atoms with E-state index >= 15 is 0 Å². The highest BCUT2D eigenvalue weighted by Crippen LogP contribution is 2.35. The van der Waals surface area contributed by atoms with Gasteiger partial charge in [-0.3, -0.25) is 40.5 Å². The van der Waals surface area contributed by atoms with E-state index in [1.54, 1.807) is 60.7 Å². The van der Waals surface area contributed by atoms with Crippen LogP contribution >= 0.6 is 0 Å². The number of amides is 6. The highest BCUT2D eigenvalue weighted by atomic mass is 16.6. The second kappa shape index (κ2) is 18.9. The van der Waals surface area contributed by atoms with Crippen molar-refractivity contribution < 1.29 is 39.2 Å². The summed E-state index contributed by atoms with van der Waals surface area (Å²) < 4.78 is 0. The third-order valence-corrected chi connectivity index (χ3v) is 11.2. The minimum atomic E-state index is -0.629. The number of nitrogens with zero attached hydrogens (tertiary/aromatic N) is 4. The Morgan fingerprint density at radius 3 is 1.50 bits per heavy atom. The van der Waals surface area contributed by atoms with Gasteiger partial charge in [0.25, 0.3) is 23.2 Å². The molecule has 6 amide bonds. The number of carbonyl (C=O) groups excluding carboxylic acids is 4. The lowest BCUT2D eigenvalue weighted by Gasteiger charge is -2.09. The fraction of sp³-hybridized carbons (Fsp3) is 0.0400. The van der Waals surface area contributed by atoms with Crippen molar-refractivity contribution in [2.75, 3.05) is 0 Å². The van der Waals surface area contributed by atoms with Crippen molar-refractivity contribution in [1.82, 2.24) is 31.2 Å². The molecule has 1 atom stereocenters. The number of aliphatic imine (C=N–C) groups is 2. The van der Waals surface area contributed by atoms with E-state index in [0.717, 1.165) is 5.56 Å². The van der Waals surface area contributed by atoms with Crippen molar-refractivity contribution in [3.05, 3.63) is 205 Å². The Balaban J connectivity index is 0.000000174. The first-order valence-corrected chi connectivity index (χ1v) is 21.2. The average molecular weight is 937 g/mol. The molecule has 0 spiro atoms. The molecule has 10 rings (SSSR count). The lowest BCUT2D eigenvalue weighted by molar-refractivity contribution is -0.384. The summed E-state index contributed by atoms with van der Waals surface area (Å²) in [6, 6.07) is 39.3. The molecule has 70 heavy (non-hydrogen) atoms. The minimum absolute atomic E-state index is 0.0995. The Labute approximate surface area is 394 Å². The largest absolute Gasteiger partial charge is 0.494 e. The third kappa shape index (κ3) is 9.53. The lowest BCUT2D eigenvalue weighted by Crippen LogP contribution is -2.30. The predicted octanol–water partition coefficient (Wildman–Crippen LogP) is 7.83. The number of urea groups is 2. The molecule has 0 radical (unpaired) electrons. The van der Waals surface area contributed by atoms with Crippen molar-refractivity contribution in [3.8, 4) is 11.8 Å². The summed E-state index contributed by atoms with van der Waals surface area (Å²) in [6.07, 6.45) is 1.87. The number of benzene rings is 6. The van der Waals surface area contributed by atoms with Gasteiger partial charge in [0.05, 0.1) is 43.8 Å². The van der Waals surface area contributed by atoms with Gasteiger partial charge in [-0.15, -0.1) is 0 Å². The molecule has 0 saturated carbocycles. The molecule has 2 saturated heterocycles. The Morgan fingerprint density at radius 1 is 0.586 bits per heavy atom. The molecule has 8 N–H and O–H groups in total. The molecule has 1 unspecified atom stereocenters. The minimum Gasteiger partial charge on any atom is -0.494 e. The van der Waals surface area contributed by atoms with E-state index in [-0.39, 0.29) is 34.7 Å². The van der Waals surface area contributed by atoms with Crippen LogP contribution in [0.3, 0.4) is 0 Å². The fourth-order valence-electron chi connectivity index (χ4n) is 7.86. The molecule has 20 nitrogen and oxygen atoms in total. The summed E-state index contributed by atoms with van der Waals surface area (Å²) in [5, 5.41) is 54.4. The van der Waals surface area contributed by atoms with Gasteiger partial charge in [-0.25, -0.2) is 19.6 Å². The van der Waals surface area contributed by atoms with Gasteiger partial charge in [-0.2, -0.15) is 0 Å². The van der Waals surface area contributed by atoms with Crippen LogP contribution in [0, 0.1) is 20.2 Å². The number of nitro benzene ring substituents is 2. The van der Waals surface area contributed by atoms with Crippen LogP contribution in [0.5, 0.6) is 11.8 Å². The van der Waals surface area contributed by atoms with Gasteiger partial charge >= 0.3 is 12.1 Å². The average Bonchev–Trinajstić information content (AvgIpc) is 4.07. The highest BCUT2D eigenvalue weighted by molar-refractivity contribution is 6.23. The zero-order valence-corrected chi connectivity index (χ0v) is 36.2. The van der Waals surface area contributed by atoms with E-state index in [4.69, 9.17) is 9.98 Å². The summed E-state index contributed by atoms with van der Waals surface area (Å²) in [6.45, 7) is 0. The normalized spacial score (nSPS) is 15.3. The third-order valence-electron chi connectivity index (χ3n) is 11.2. The summed E-state index contributed by atoms with van der Waals surface area (Å²) in [7, 11) is 0. The Hall–Kier alpha value is -10.2. The maximum Gasteiger partial charge on any atom is 0.326 e. The fourth-order valence-corrected chi connectivity index (χ4v) is 7.86. The van der Waals surface area contributed by atoms with E-state index in [2.05, 4.69) is 31.2 Å². The quantitative estimate of drug-likeness (QED) is 0.0204. The smallest absolute Gasteiger partial charge is 0.326 e. The molecule has 2 aromatic heterocycles. The number of carbonyl (C=O) groups is 4. The van der Waals surface area contributed by atoms with E-state index in [0.29, 0.717) is 78.8 Å². The first-order chi connectivity index (χ1) is 33.8. The molecule has 346 valence electrons. The van der Waals surface area contributed by atoms with Crippen LogP contribution in [0.1, 0.15) is 33.4 Å². The predicted molar refractivity (Wildman–Crippen MR) is 258 cm³/mol. The number of aromatic nitrogens is 2. The SMILES string of the molecule is O=C1NC(=O)/C(=C\c2ccc(N=C(c3ccccc3)c3c(O)[nH]c4ccc([N+](=O)[O-])cc34)cc2)N1.O=C1NC(=O)C(Cc2ccc(N=C(c3ccccc3)c3c(O)[nH]c4ccc([N+](=O)[O-])cc34)cc2)N1. The number of fused-ring (bicyclic) bond motifs is 2. The Kier molecular flexibility index (Phi) is 12.2. The van der Waals surface area contributed by atoms with E-state index < -0.39 is 33.9 Å². The second-order valence-electron chi connectivity index (χ2n) is 15.8. The number of hydrogen-bond acceptors (Lipinski definition) is 12. The number of aromatic amines is 2. The van der Waals surface area contributed by atoms with Crippen LogP contribution in [0.25, 0.3) is 27.9 Å². The molecule has 4 heterocycles. The standard InChI is InChI=1S/C25H19N5O5.C25H17N5O5/c2*31-23-20(28-25(33)29-23)12-14-6-8-16(9-7-14)26-22(15-4-2-1-3-5-15)21-18-13-17(30(34)35)10-11-19(18)27-24(21)32/h1-11,13,20,27,32H,12H2,(H2,28,29,31,33);1-13,27,32H,(H2,28,29,31,33)/b;20-12+,26-22?. The van der Waals surface area contributed by atoms with E-state index in [1.807, 2.05) is 60.7 Å². The molecule has 6 aromatic carbocycles. The number of rotatable bonds is 11. The zero-order valence-electron chi connectivity index (χ0n) is 36.2. The molecule has 2 aliphatic rings. The van der Waals surface area contributed by atoms with Crippen molar-refractivity contribution in [1.29, 1.82) is 0 Å². The van der Waals surface area contributed by atoms with Crippen LogP contribution in [0.4, 0.5) is 32.3 Å². The Morgan fingerprint density at radius 2 is 1.07 bits per heavy atom. The van der Waals surface area contributed by atoms with E-state index in [9.17, 15) is 49.6 Å². The van der Waals surface area contributed by atoms with Gasteiger partial charge in [-0.1, -0.05) is 84.9 Å². The number of non-ortho nitro benzene ring substituents is 2. The highest BCUT2D eigenvalue weighted by Gasteiger charge is 2.29. The van der Waals surface area contributed by atoms with Gasteiger partial charge in [0, 0.05) is 63.6 Å². The summed E-state index contributed by atoms with van der Waals surface area (Å²) in [5.41, 5.74) is 6.59. The zero-order chi connectivity index (χ0) is 49.1. The van der Waals surface area contributed by atoms with Crippen molar-refractivity contribution in [3.63, 3.8) is 0 Å². The maximum absolute atomic E-state index is 11.8. The van der Waals surface area contributed by atoms with Gasteiger partial charge in [0.15, 0.2) is 11.8 Å². The van der Waals surface area contributed by atoms with Gasteiger partial charge in [-0.05, 0) is 53.6 Å². The Bertz CT molecular complexity index is 3510. The van der Waals surface area contributed by atoms with Crippen LogP contribution in [-0.2, 0) is 16.0 Å². The molecule has 0 bridgehead atoms. The summed E-state index contributed by atoms with van der Waals surface area (Å²) >= 11 is 0.